The Kier molecular flexibility index (Phi) is 7.92. The molecule has 0 bridgehead atoms. The van der Waals surface area contributed by atoms with E-state index >= 15 is 0 Å². The van der Waals surface area contributed by atoms with Crippen molar-refractivity contribution in [3.05, 3.63) is 217 Å². The van der Waals surface area contributed by atoms with Crippen molar-refractivity contribution in [3.63, 3.8) is 0 Å². The third-order valence-corrected chi connectivity index (χ3v) is 13.6. The molecule has 10 aromatic carbocycles. The molecule has 2 heterocycles. The Labute approximate surface area is 370 Å². The lowest BCUT2D eigenvalue weighted by molar-refractivity contribution is 0.661. The quantitative estimate of drug-likeness (QED) is 0.163. The van der Waals surface area contributed by atoms with E-state index in [0.717, 1.165) is 44.4 Å². The first-order chi connectivity index (χ1) is 31.5. The molecular weight excluding hydrogens is 777 g/mol. The molecule has 0 saturated carbocycles. The van der Waals surface area contributed by atoms with Gasteiger partial charge >= 0.3 is 0 Å². The average Bonchev–Trinajstić information content (AvgIpc) is 3.80. The maximum absolute atomic E-state index is 5.25. The zero-order chi connectivity index (χ0) is 42.5. The SMILES string of the molecule is CC1(C)c2ccccc2-c2cc3c4cc(-c5nc(-c6ccccc6)nc(-c6cccc(-c7ccccc7)c6)n5)ccc4n(-c4ccc5c6ccccc6c6ccccc6c5c4)c3cc21. The first-order valence-corrected chi connectivity index (χ1v) is 22.0. The van der Waals surface area contributed by atoms with Crippen molar-refractivity contribution in [2.75, 3.05) is 0 Å². The van der Waals surface area contributed by atoms with E-state index in [-0.39, 0.29) is 5.41 Å². The van der Waals surface area contributed by atoms with Crippen molar-refractivity contribution in [1.29, 1.82) is 0 Å². The molecule has 0 saturated heterocycles. The van der Waals surface area contributed by atoms with Crippen LogP contribution in [-0.2, 0) is 5.41 Å². The average molecular weight is 817 g/mol. The number of nitrogens with zero attached hydrogens (tertiary/aromatic N) is 4. The Bertz CT molecular complexity index is 3830. The third-order valence-electron chi connectivity index (χ3n) is 13.6. The largest absolute Gasteiger partial charge is 0.309 e. The molecule has 0 amide bonds. The lowest BCUT2D eigenvalue weighted by Gasteiger charge is -2.21. The van der Waals surface area contributed by atoms with Crippen LogP contribution in [0, 0.1) is 0 Å². The lowest BCUT2D eigenvalue weighted by atomic mass is 9.82. The third kappa shape index (κ3) is 5.52. The molecule has 1 aliphatic rings. The molecule has 12 aromatic rings. The van der Waals surface area contributed by atoms with Crippen molar-refractivity contribution >= 4 is 54.1 Å². The molecule has 4 nitrogen and oxygen atoms in total. The number of hydrogen-bond donors (Lipinski definition) is 0. The molecule has 300 valence electrons. The van der Waals surface area contributed by atoms with Gasteiger partial charge in [-0.05, 0) is 114 Å². The van der Waals surface area contributed by atoms with E-state index < -0.39 is 0 Å². The molecule has 13 rings (SSSR count). The van der Waals surface area contributed by atoms with Gasteiger partial charge in [0.25, 0.3) is 0 Å². The van der Waals surface area contributed by atoms with Gasteiger partial charge in [-0.1, -0.05) is 172 Å². The molecule has 0 fully saturated rings. The fourth-order valence-corrected chi connectivity index (χ4v) is 10.5. The fourth-order valence-electron chi connectivity index (χ4n) is 10.5. The smallest absolute Gasteiger partial charge is 0.164 e. The minimum absolute atomic E-state index is 0.155. The van der Waals surface area contributed by atoms with Crippen LogP contribution in [0.2, 0.25) is 0 Å². The van der Waals surface area contributed by atoms with Crippen molar-refractivity contribution in [2.45, 2.75) is 19.3 Å². The van der Waals surface area contributed by atoms with Crippen LogP contribution in [0.5, 0.6) is 0 Å². The Balaban J connectivity index is 1.06. The van der Waals surface area contributed by atoms with Crippen LogP contribution in [0.4, 0.5) is 0 Å². The highest BCUT2D eigenvalue weighted by Gasteiger charge is 2.36. The molecule has 4 heteroatoms. The summed E-state index contributed by atoms with van der Waals surface area (Å²) in [6, 6.07) is 74.4. The zero-order valence-electron chi connectivity index (χ0n) is 35.4. The summed E-state index contributed by atoms with van der Waals surface area (Å²) in [5, 5.41) is 9.92. The summed E-state index contributed by atoms with van der Waals surface area (Å²) in [7, 11) is 0. The van der Waals surface area contributed by atoms with Crippen LogP contribution in [0.15, 0.2) is 206 Å². The van der Waals surface area contributed by atoms with Gasteiger partial charge in [0.2, 0.25) is 0 Å². The van der Waals surface area contributed by atoms with E-state index in [1.54, 1.807) is 0 Å². The van der Waals surface area contributed by atoms with Crippen molar-refractivity contribution in [2.24, 2.45) is 0 Å². The van der Waals surface area contributed by atoms with E-state index in [1.807, 2.05) is 24.3 Å². The van der Waals surface area contributed by atoms with Crippen LogP contribution in [-0.4, -0.2) is 19.5 Å². The predicted octanol–water partition coefficient (Wildman–Crippen LogP) is 15.4. The summed E-state index contributed by atoms with van der Waals surface area (Å²) in [4.78, 5) is 15.6. The molecule has 2 aromatic heterocycles. The van der Waals surface area contributed by atoms with Crippen LogP contribution in [0.1, 0.15) is 25.0 Å². The first-order valence-electron chi connectivity index (χ1n) is 22.0. The highest BCUT2D eigenvalue weighted by atomic mass is 15.0. The molecule has 0 N–H and O–H groups in total. The van der Waals surface area contributed by atoms with Crippen molar-refractivity contribution in [1.82, 2.24) is 19.5 Å². The highest BCUT2D eigenvalue weighted by molar-refractivity contribution is 6.25. The van der Waals surface area contributed by atoms with Crippen molar-refractivity contribution in [3.8, 4) is 62.1 Å². The van der Waals surface area contributed by atoms with Gasteiger partial charge in [-0.3, -0.25) is 0 Å². The van der Waals surface area contributed by atoms with Crippen LogP contribution in [0.3, 0.4) is 0 Å². The molecule has 0 radical (unpaired) electrons. The Hall–Kier alpha value is -8.21. The standard InChI is InChI=1S/C60H40N4/c1-60(2)53-27-14-13-26-48(53)50-35-52-51-33-41(59-62-57(38-18-7-4-8-19-38)61-58(63-59)40-21-15-20-39(32-40)37-16-5-3-6-17-37)28-31-55(51)64(56(52)36-54(50)60)42-29-30-47-45-24-10-9-22-43(45)44-23-11-12-25-46(44)49(47)34-42/h3-36H,1-2H3. The van der Waals surface area contributed by atoms with Gasteiger partial charge in [-0.25, -0.2) is 15.0 Å². The molecule has 0 spiro atoms. The van der Waals surface area contributed by atoms with Crippen LogP contribution < -0.4 is 0 Å². The normalized spacial score (nSPS) is 13.0. The Morgan fingerprint density at radius 1 is 0.312 bits per heavy atom. The fraction of sp³-hybridized carbons (Fsp3) is 0.0500. The predicted molar refractivity (Wildman–Crippen MR) is 266 cm³/mol. The van der Waals surface area contributed by atoms with Gasteiger partial charge in [-0.15, -0.1) is 0 Å². The van der Waals surface area contributed by atoms with Crippen molar-refractivity contribution < 1.29 is 0 Å². The van der Waals surface area contributed by atoms with Gasteiger partial charge in [0.05, 0.1) is 11.0 Å². The maximum Gasteiger partial charge on any atom is 0.164 e. The summed E-state index contributed by atoms with van der Waals surface area (Å²) in [5.74, 6) is 1.91. The highest BCUT2D eigenvalue weighted by Crippen LogP contribution is 2.51. The summed E-state index contributed by atoms with van der Waals surface area (Å²) in [6.45, 7) is 4.72. The zero-order valence-corrected chi connectivity index (χ0v) is 35.4. The number of aromatic nitrogens is 4. The minimum Gasteiger partial charge on any atom is -0.309 e. The minimum atomic E-state index is -0.155. The second-order valence-electron chi connectivity index (χ2n) is 17.6. The first kappa shape index (κ1) is 36.4. The molecule has 0 aliphatic heterocycles. The van der Waals surface area contributed by atoms with E-state index in [0.29, 0.717) is 17.5 Å². The monoisotopic (exact) mass is 816 g/mol. The Morgan fingerprint density at radius 3 is 1.55 bits per heavy atom. The summed E-state index contributed by atoms with van der Waals surface area (Å²) in [5.41, 5.74) is 13.7. The molecule has 64 heavy (non-hydrogen) atoms. The molecule has 1 aliphatic carbocycles. The second kappa shape index (κ2) is 13.9. The molecule has 0 unspecified atom stereocenters. The number of rotatable bonds is 5. The van der Waals surface area contributed by atoms with Crippen LogP contribution in [0.25, 0.3) is 116 Å². The van der Waals surface area contributed by atoms with Gasteiger partial charge in [0.1, 0.15) is 0 Å². The maximum atomic E-state index is 5.25. The van der Waals surface area contributed by atoms with Gasteiger partial charge in [0, 0.05) is 38.6 Å². The molecular formula is C60H40N4. The van der Waals surface area contributed by atoms with Gasteiger partial charge < -0.3 is 4.57 Å². The van der Waals surface area contributed by atoms with Crippen LogP contribution >= 0.6 is 0 Å². The number of benzene rings is 10. The van der Waals surface area contributed by atoms with E-state index in [9.17, 15) is 0 Å². The van der Waals surface area contributed by atoms with E-state index in [2.05, 4.69) is 200 Å². The number of fused-ring (bicyclic) bond motifs is 12. The summed E-state index contributed by atoms with van der Waals surface area (Å²) < 4.78 is 2.47. The molecule has 0 atom stereocenters. The lowest BCUT2D eigenvalue weighted by Crippen LogP contribution is -2.14. The van der Waals surface area contributed by atoms with Gasteiger partial charge in [0.15, 0.2) is 17.5 Å². The van der Waals surface area contributed by atoms with Gasteiger partial charge in [-0.2, -0.15) is 0 Å². The number of hydrogen-bond acceptors (Lipinski definition) is 3. The Morgan fingerprint density at radius 2 is 0.844 bits per heavy atom. The van der Waals surface area contributed by atoms with E-state index in [4.69, 9.17) is 15.0 Å². The summed E-state index contributed by atoms with van der Waals surface area (Å²) in [6.07, 6.45) is 0. The summed E-state index contributed by atoms with van der Waals surface area (Å²) >= 11 is 0. The topological polar surface area (TPSA) is 43.6 Å². The van der Waals surface area contributed by atoms with E-state index in [1.165, 1.54) is 65.5 Å². The second-order valence-corrected chi connectivity index (χ2v) is 17.6.